The molecule has 0 aliphatic rings. The highest BCUT2D eigenvalue weighted by atomic mass is 32.1. The van der Waals surface area contributed by atoms with Gasteiger partial charge in [0.2, 0.25) is 0 Å². The van der Waals surface area contributed by atoms with Crippen LogP contribution in [0, 0.1) is 5.82 Å². The molecule has 1 N–H and O–H groups in total. The molecular weight excluding hydrogens is 287 g/mol. The molecule has 1 aromatic heterocycles. The van der Waals surface area contributed by atoms with E-state index in [1.165, 1.54) is 23.5 Å². The predicted molar refractivity (Wildman–Crippen MR) is 83.8 cm³/mol. The fraction of sp³-hybridized carbons (Fsp3) is 0.0625. The van der Waals surface area contributed by atoms with Crippen LogP contribution in [-0.2, 0) is 0 Å². The molecule has 5 heteroatoms. The van der Waals surface area contributed by atoms with Crippen molar-refractivity contribution in [2.75, 3.05) is 12.4 Å². The summed E-state index contributed by atoms with van der Waals surface area (Å²) in [5.41, 5.74) is 2.67. The second kappa shape index (κ2) is 5.93. The van der Waals surface area contributed by atoms with Crippen molar-refractivity contribution in [1.29, 1.82) is 0 Å². The minimum atomic E-state index is -0.245. The Balaban J connectivity index is 1.76. The summed E-state index contributed by atoms with van der Waals surface area (Å²) in [7, 11) is 1.64. The van der Waals surface area contributed by atoms with Crippen molar-refractivity contribution in [3.63, 3.8) is 0 Å². The molecule has 0 unspecified atom stereocenters. The van der Waals surface area contributed by atoms with Crippen molar-refractivity contribution in [2.45, 2.75) is 0 Å². The lowest BCUT2D eigenvalue weighted by molar-refractivity contribution is 0.415. The summed E-state index contributed by atoms with van der Waals surface area (Å²) in [5, 5.41) is 5.97. The lowest BCUT2D eigenvalue weighted by Crippen LogP contribution is -1.90. The molecule has 3 nitrogen and oxygen atoms in total. The van der Waals surface area contributed by atoms with E-state index in [-0.39, 0.29) is 5.82 Å². The van der Waals surface area contributed by atoms with Crippen LogP contribution in [0.15, 0.2) is 53.9 Å². The molecule has 0 radical (unpaired) electrons. The van der Waals surface area contributed by atoms with Crippen LogP contribution in [0.25, 0.3) is 11.3 Å². The zero-order chi connectivity index (χ0) is 14.7. The van der Waals surface area contributed by atoms with E-state index >= 15 is 0 Å². The van der Waals surface area contributed by atoms with E-state index in [1.54, 1.807) is 19.2 Å². The standard InChI is InChI=1S/C16H13FN2OS/c1-20-14-8-6-13(7-9-14)18-16-19-15(10-21-16)11-2-4-12(17)5-3-11/h2-10H,1H3,(H,18,19). The molecule has 0 spiro atoms. The first kappa shape index (κ1) is 13.6. The van der Waals surface area contributed by atoms with Gasteiger partial charge >= 0.3 is 0 Å². The summed E-state index contributed by atoms with van der Waals surface area (Å²) >= 11 is 1.51. The van der Waals surface area contributed by atoms with Crippen LogP contribution in [0.2, 0.25) is 0 Å². The average Bonchev–Trinajstić information content (AvgIpc) is 2.97. The van der Waals surface area contributed by atoms with Gasteiger partial charge < -0.3 is 10.1 Å². The first-order chi connectivity index (χ1) is 10.2. The molecule has 3 aromatic rings. The zero-order valence-corrected chi connectivity index (χ0v) is 12.2. The Bertz CT molecular complexity index is 723. The maximum Gasteiger partial charge on any atom is 0.187 e. The predicted octanol–water partition coefficient (Wildman–Crippen LogP) is 4.70. The van der Waals surface area contributed by atoms with Crippen LogP contribution in [-0.4, -0.2) is 12.1 Å². The molecular formula is C16H13FN2OS. The average molecular weight is 300 g/mol. The summed E-state index contributed by atoms with van der Waals surface area (Å²) in [5.74, 6) is 0.567. The molecule has 0 bridgehead atoms. The van der Waals surface area contributed by atoms with Crippen molar-refractivity contribution in [1.82, 2.24) is 4.98 Å². The van der Waals surface area contributed by atoms with E-state index in [0.29, 0.717) is 0 Å². The largest absolute Gasteiger partial charge is 0.497 e. The normalized spacial score (nSPS) is 10.4. The van der Waals surface area contributed by atoms with Crippen molar-refractivity contribution in [3.05, 3.63) is 59.7 Å². The Morgan fingerprint density at radius 2 is 1.76 bits per heavy atom. The summed E-state index contributed by atoms with van der Waals surface area (Å²) < 4.78 is 18.0. The number of methoxy groups -OCH3 is 1. The number of rotatable bonds is 4. The molecule has 2 aromatic carbocycles. The van der Waals surface area contributed by atoms with Gasteiger partial charge in [-0.2, -0.15) is 0 Å². The van der Waals surface area contributed by atoms with Crippen LogP contribution >= 0.6 is 11.3 Å². The van der Waals surface area contributed by atoms with Gasteiger partial charge in [0.25, 0.3) is 0 Å². The number of benzene rings is 2. The first-order valence-corrected chi connectivity index (χ1v) is 7.25. The van der Waals surface area contributed by atoms with Crippen molar-refractivity contribution >= 4 is 22.2 Å². The molecule has 0 atom stereocenters. The molecule has 1 heterocycles. The monoisotopic (exact) mass is 300 g/mol. The van der Waals surface area contributed by atoms with Gasteiger partial charge in [-0.1, -0.05) is 0 Å². The van der Waals surface area contributed by atoms with Crippen LogP contribution in [0.5, 0.6) is 5.75 Å². The number of halogens is 1. The molecule has 0 aliphatic heterocycles. The third-order valence-corrected chi connectivity index (χ3v) is 3.74. The van der Waals surface area contributed by atoms with Crippen molar-refractivity contribution < 1.29 is 9.13 Å². The summed E-state index contributed by atoms with van der Waals surface area (Å²) in [6.07, 6.45) is 0. The number of thiazole rings is 1. The number of nitrogens with zero attached hydrogens (tertiary/aromatic N) is 1. The topological polar surface area (TPSA) is 34.1 Å². The second-order valence-electron chi connectivity index (χ2n) is 4.40. The maximum absolute atomic E-state index is 12.9. The van der Waals surface area contributed by atoms with Gasteiger partial charge in [0.1, 0.15) is 11.6 Å². The molecule has 0 amide bonds. The maximum atomic E-state index is 12.9. The molecule has 0 saturated carbocycles. The molecule has 0 saturated heterocycles. The second-order valence-corrected chi connectivity index (χ2v) is 5.26. The van der Waals surface area contributed by atoms with Gasteiger partial charge in [0.05, 0.1) is 12.8 Å². The van der Waals surface area contributed by atoms with Gasteiger partial charge in [0.15, 0.2) is 5.13 Å². The lowest BCUT2D eigenvalue weighted by Gasteiger charge is -2.04. The highest BCUT2D eigenvalue weighted by molar-refractivity contribution is 7.14. The van der Waals surface area contributed by atoms with Crippen LogP contribution in [0.4, 0.5) is 15.2 Å². The van der Waals surface area contributed by atoms with E-state index in [1.807, 2.05) is 29.6 Å². The van der Waals surface area contributed by atoms with Crippen molar-refractivity contribution in [2.24, 2.45) is 0 Å². The zero-order valence-electron chi connectivity index (χ0n) is 11.3. The minimum absolute atomic E-state index is 0.245. The summed E-state index contributed by atoms with van der Waals surface area (Å²) in [6, 6.07) is 13.9. The number of hydrogen-bond donors (Lipinski definition) is 1. The van der Waals surface area contributed by atoms with Gasteiger partial charge in [-0.05, 0) is 48.5 Å². The molecule has 3 rings (SSSR count). The van der Waals surface area contributed by atoms with E-state index in [2.05, 4.69) is 10.3 Å². The number of hydrogen-bond acceptors (Lipinski definition) is 4. The van der Waals surface area contributed by atoms with Crippen LogP contribution < -0.4 is 10.1 Å². The molecule has 106 valence electrons. The highest BCUT2D eigenvalue weighted by Gasteiger charge is 2.05. The quantitative estimate of drug-likeness (QED) is 0.758. The Hall–Kier alpha value is -2.40. The Morgan fingerprint density at radius 1 is 1.05 bits per heavy atom. The number of nitrogens with one attached hydrogen (secondary N) is 1. The van der Waals surface area contributed by atoms with E-state index in [9.17, 15) is 4.39 Å². The number of anilines is 2. The Morgan fingerprint density at radius 3 is 2.43 bits per heavy atom. The van der Waals surface area contributed by atoms with Crippen LogP contribution in [0.3, 0.4) is 0 Å². The lowest BCUT2D eigenvalue weighted by atomic mass is 10.2. The molecule has 21 heavy (non-hydrogen) atoms. The SMILES string of the molecule is COc1ccc(Nc2nc(-c3ccc(F)cc3)cs2)cc1. The van der Waals surface area contributed by atoms with Gasteiger partial charge in [0, 0.05) is 16.6 Å². The first-order valence-electron chi connectivity index (χ1n) is 6.37. The van der Waals surface area contributed by atoms with Gasteiger partial charge in [-0.15, -0.1) is 11.3 Å². The smallest absolute Gasteiger partial charge is 0.187 e. The Kier molecular flexibility index (Phi) is 3.83. The number of ether oxygens (including phenoxy) is 1. The summed E-state index contributed by atoms with van der Waals surface area (Å²) in [6.45, 7) is 0. The van der Waals surface area contributed by atoms with E-state index < -0.39 is 0 Å². The summed E-state index contributed by atoms with van der Waals surface area (Å²) in [4.78, 5) is 4.50. The fourth-order valence-corrected chi connectivity index (χ4v) is 2.62. The van der Waals surface area contributed by atoms with E-state index in [4.69, 9.17) is 4.74 Å². The third-order valence-electron chi connectivity index (χ3n) is 2.99. The highest BCUT2D eigenvalue weighted by Crippen LogP contribution is 2.27. The third kappa shape index (κ3) is 3.20. The Labute approximate surface area is 126 Å². The number of aromatic nitrogens is 1. The fourth-order valence-electron chi connectivity index (χ4n) is 1.88. The van der Waals surface area contributed by atoms with E-state index in [0.717, 1.165) is 27.8 Å². The van der Waals surface area contributed by atoms with Crippen molar-refractivity contribution in [3.8, 4) is 17.0 Å². The minimum Gasteiger partial charge on any atom is -0.497 e. The van der Waals surface area contributed by atoms with Gasteiger partial charge in [-0.25, -0.2) is 9.37 Å². The van der Waals surface area contributed by atoms with Crippen LogP contribution in [0.1, 0.15) is 0 Å². The van der Waals surface area contributed by atoms with Gasteiger partial charge in [-0.3, -0.25) is 0 Å². The molecule has 0 aliphatic carbocycles. The molecule has 0 fully saturated rings.